The molecule has 0 fully saturated rings. The van der Waals surface area contributed by atoms with Gasteiger partial charge in [-0.05, 0) is 37.1 Å². The summed E-state index contributed by atoms with van der Waals surface area (Å²) < 4.78 is 1.77. The Morgan fingerprint density at radius 3 is 3.05 bits per heavy atom. The zero-order valence-electron chi connectivity index (χ0n) is 11.0. The van der Waals surface area contributed by atoms with Gasteiger partial charge in [0.2, 0.25) is 0 Å². The monoisotopic (exact) mass is 255 g/mol. The van der Waals surface area contributed by atoms with E-state index >= 15 is 0 Å². The fraction of sp³-hybridized carbons (Fsp3) is 0.333. The zero-order valence-corrected chi connectivity index (χ0v) is 11.0. The minimum absolute atomic E-state index is 0.0491. The molecule has 0 saturated carbocycles. The fourth-order valence-electron chi connectivity index (χ4n) is 2.44. The van der Waals surface area contributed by atoms with Crippen LogP contribution < -0.4 is 5.32 Å². The summed E-state index contributed by atoms with van der Waals surface area (Å²) >= 11 is 0. The normalized spacial score (nSPS) is 14.2. The lowest BCUT2D eigenvalue weighted by Crippen LogP contribution is -2.23. The third kappa shape index (κ3) is 2.31. The largest absolute Gasteiger partial charge is 0.312 e. The van der Waals surface area contributed by atoms with Gasteiger partial charge in [-0.3, -0.25) is 9.48 Å². The van der Waals surface area contributed by atoms with Crippen molar-refractivity contribution < 1.29 is 4.79 Å². The number of fused-ring (bicyclic) bond motifs is 1. The van der Waals surface area contributed by atoms with Gasteiger partial charge < -0.3 is 5.32 Å². The number of aromatic nitrogens is 2. The van der Waals surface area contributed by atoms with Crippen molar-refractivity contribution in [3.05, 3.63) is 52.8 Å². The first-order valence-electron chi connectivity index (χ1n) is 6.67. The van der Waals surface area contributed by atoms with E-state index in [-0.39, 0.29) is 5.78 Å². The van der Waals surface area contributed by atoms with Crippen LogP contribution in [0.25, 0.3) is 0 Å². The maximum absolute atomic E-state index is 12.4. The molecule has 0 spiro atoms. The van der Waals surface area contributed by atoms with Crippen molar-refractivity contribution in [1.82, 2.24) is 15.1 Å². The average Bonchev–Trinajstić information content (AvgIpc) is 2.95. The van der Waals surface area contributed by atoms with E-state index in [1.54, 1.807) is 17.1 Å². The third-order valence-corrected chi connectivity index (χ3v) is 3.57. The number of benzene rings is 1. The molecule has 0 unspecified atom stereocenters. The van der Waals surface area contributed by atoms with Crippen molar-refractivity contribution in [2.24, 2.45) is 0 Å². The second-order valence-electron chi connectivity index (χ2n) is 4.82. The van der Waals surface area contributed by atoms with E-state index < -0.39 is 0 Å². The van der Waals surface area contributed by atoms with Crippen LogP contribution in [0.4, 0.5) is 0 Å². The topological polar surface area (TPSA) is 46.9 Å². The number of hydrogen-bond acceptors (Lipinski definition) is 3. The maximum atomic E-state index is 12.4. The van der Waals surface area contributed by atoms with Crippen LogP contribution in [0.1, 0.15) is 34.0 Å². The summed E-state index contributed by atoms with van der Waals surface area (Å²) in [6.07, 6.45) is 4.49. The van der Waals surface area contributed by atoms with Gasteiger partial charge in [0.25, 0.3) is 0 Å². The Labute approximate surface area is 112 Å². The van der Waals surface area contributed by atoms with Crippen LogP contribution in [0.3, 0.4) is 0 Å². The number of nitrogens with one attached hydrogen (secondary N) is 1. The van der Waals surface area contributed by atoms with Gasteiger partial charge in [-0.1, -0.05) is 12.1 Å². The van der Waals surface area contributed by atoms with E-state index in [9.17, 15) is 4.79 Å². The van der Waals surface area contributed by atoms with E-state index in [1.165, 1.54) is 11.1 Å². The Morgan fingerprint density at radius 1 is 1.37 bits per heavy atom. The molecule has 0 bridgehead atoms. The van der Waals surface area contributed by atoms with E-state index in [2.05, 4.69) is 16.5 Å². The molecule has 1 N–H and O–H groups in total. The third-order valence-electron chi connectivity index (χ3n) is 3.57. The van der Waals surface area contributed by atoms with E-state index in [0.29, 0.717) is 5.56 Å². The standard InChI is InChI=1S/C15H17N3O/c1-2-18-10-14(9-17-18)15(19)12-4-3-11-5-6-16-8-13(11)7-12/h3-4,7,9-10,16H,2,5-6,8H2,1H3. The fourth-order valence-corrected chi connectivity index (χ4v) is 2.44. The highest BCUT2D eigenvalue weighted by molar-refractivity contribution is 6.08. The first kappa shape index (κ1) is 12.1. The van der Waals surface area contributed by atoms with Gasteiger partial charge >= 0.3 is 0 Å². The zero-order chi connectivity index (χ0) is 13.2. The Hall–Kier alpha value is -1.94. The minimum Gasteiger partial charge on any atom is -0.312 e. The van der Waals surface area contributed by atoms with Crippen molar-refractivity contribution in [2.45, 2.75) is 26.4 Å². The summed E-state index contributed by atoms with van der Waals surface area (Å²) in [5.41, 5.74) is 3.99. The lowest BCUT2D eigenvalue weighted by Gasteiger charge is -2.17. The number of rotatable bonds is 3. The van der Waals surface area contributed by atoms with Gasteiger partial charge in [0, 0.05) is 24.8 Å². The molecule has 1 aliphatic rings. The molecule has 0 atom stereocenters. The second-order valence-corrected chi connectivity index (χ2v) is 4.82. The van der Waals surface area contributed by atoms with Crippen molar-refractivity contribution >= 4 is 5.78 Å². The molecular weight excluding hydrogens is 238 g/mol. The van der Waals surface area contributed by atoms with Gasteiger partial charge in [-0.2, -0.15) is 5.10 Å². The van der Waals surface area contributed by atoms with Crippen LogP contribution in [-0.2, 0) is 19.5 Å². The summed E-state index contributed by atoms with van der Waals surface area (Å²) in [4.78, 5) is 12.4. The number of carbonyl (C=O) groups is 1. The minimum atomic E-state index is 0.0491. The van der Waals surface area contributed by atoms with Gasteiger partial charge in [0.15, 0.2) is 5.78 Å². The second kappa shape index (κ2) is 4.97. The first-order chi connectivity index (χ1) is 9.28. The molecule has 0 saturated heterocycles. The van der Waals surface area contributed by atoms with E-state index in [4.69, 9.17) is 0 Å². The van der Waals surface area contributed by atoms with Gasteiger partial charge in [0.1, 0.15) is 0 Å². The molecule has 2 heterocycles. The van der Waals surface area contributed by atoms with Gasteiger partial charge in [0.05, 0.1) is 11.8 Å². The molecule has 0 radical (unpaired) electrons. The predicted molar refractivity (Wildman–Crippen MR) is 73.2 cm³/mol. The summed E-state index contributed by atoms with van der Waals surface area (Å²) in [7, 11) is 0. The highest BCUT2D eigenvalue weighted by Gasteiger charge is 2.15. The van der Waals surface area contributed by atoms with E-state index in [1.807, 2.05) is 19.1 Å². The number of ketones is 1. The van der Waals surface area contributed by atoms with Crippen LogP contribution >= 0.6 is 0 Å². The highest BCUT2D eigenvalue weighted by Crippen LogP contribution is 2.18. The Balaban J connectivity index is 1.91. The molecule has 2 aromatic rings. The van der Waals surface area contributed by atoms with Crippen LogP contribution in [-0.4, -0.2) is 22.1 Å². The van der Waals surface area contributed by atoms with Crippen LogP contribution in [0.15, 0.2) is 30.6 Å². The van der Waals surface area contributed by atoms with Crippen LogP contribution in [0, 0.1) is 0 Å². The molecule has 4 nitrogen and oxygen atoms in total. The molecule has 98 valence electrons. The molecule has 4 heteroatoms. The maximum Gasteiger partial charge on any atom is 0.196 e. The van der Waals surface area contributed by atoms with Gasteiger partial charge in [-0.15, -0.1) is 0 Å². The molecule has 0 amide bonds. The quantitative estimate of drug-likeness (QED) is 0.850. The molecule has 1 aliphatic heterocycles. The molecule has 1 aromatic heterocycles. The van der Waals surface area contributed by atoms with Gasteiger partial charge in [-0.25, -0.2) is 0 Å². The highest BCUT2D eigenvalue weighted by atomic mass is 16.1. The van der Waals surface area contributed by atoms with Crippen molar-refractivity contribution in [3.63, 3.8) is 0 Å². The summed E-state index contributed by atoms with van der Waals surface area (Å²) in [5, 5.41) is 7.48. The number of aryl methyl sites for hydroxylation is 1. The lowest BCUT2D eigenvalue weighted by molar-refractivity contribution is 0.103. The first-order valence-corrected chi connectivity index (χ1v) is 6.67. The number of carbonyl (C=O) groups excluding carboxylic acids is 1. The number of nitrogens with zero attached hydrogens (tertiary/aromatic N) is 2. The summed E-state index contributed by atoms with van der Waals surface area (Å²) in [6.45, 7) is 4.65. The van der Waals surface area contributed by atoms with Crippen LogP contribution in [0.2, 0.25) is 0 Å². The Kier molecular flexibility index (Phi) is 3.17. The summed E-state index contributed by atoms with van der Waals surface area (Å²) in [6, 6.07) is 6.01. The molecule has 0 aliphatic carbocycles. The molecule has 3 rings (SSSR count). The predicted octanol–water partition coefficient (Wildman–Crippen LogP) is 1.78. The lowest BCUT2D eigenvalue weighted by atomic mass is 9.96. The number of hydrogen-bond donors (Lipinski definition) is 1. The van der Waals surface area contributed by atoms with Crippen molar-refractivity contribution in [1.29, 1.82) is 0 Å². The Bertz CT molecular complexity index is 616. The molecule has 1 aromatic carbocycles. The summed E-state index contributed by atoms with van der Waals surface area (Å²) in [5.74, 6) is 0.0491. The smallest absolute Gasteiger partial charge is 0.196 e. The molecular formula is C15H17N3O. The SMILES string of the molecule is CCn1cc(C(=O)c2ccc3c(c2)CNCC3)cn1. The average molecular weight is 255 g/mol. The van der Waals surface area contributed by atoms with E-state index in [0.717, 1.165) is 31.6 Å². The van der Waals surface area contributed by atoms with Crippen LogP contribution in [0.5, 0.6) is 0 Å². The van der Waals surface area contributed by atoms with Crippen molar-refractivity contribution in [2.75, 3.05) is 6.54 Å². The Morgan fingerprint density at radius 2 is 2.26 bits per heavy atom. The molecule has 19 heavy (non-hydrogen) atoms. The van der Waals surface area contributed by atoms with Crippen molar-refractivity contribution in [3.8, 4) is 0 Å².